The third-order valence-corrected chi connectivity index (χ3v) is 2.38. The van der Waals surface area contributed by atoms with E-state index in [4.69, 9.17) is 5.11 Å². The van der Waals surface area contributed by atoms with Crippen LogP contribution in [-0.2, 0) is 4.79 Å². The molecule has 1 rings (SSSR count). The van der Waals surface area contributed by atoms with Gasteiger partial charge in [0.05, 0.1) is 6.61 Å². The lowest BCUT2D eigenvalue weighted by atomic mass is 9.78. The molecule has 1 amide bonds. The zero-order valence-corrected chi connectivity index (χ0v) is 7.39. The highest BCUT2D eigenvalue weighted by molar-refractivity contribution is 5.93. The van der Waals surface area contributed by atoms with Crippen molar-refractivity contribution in [2.75, 3.05) is 6.61 Å². The second kappa shape index (κ2) is 3.27. The lowest BCUT2D eigenvalue weighted by Crippen LogP contribution is -2.51. The maximum absolute atomic E-state index is 11.2. The average Bonchev–Trinajstić information content (AvgIpc) is 2.00. The highest BCUT2D eigenvalue weighted by Crippen LogP contribution is 2.30. The number of rotatable bonds is 3. The van der Waals surface area contributed by atoms with Crippen molar-refractivity contribution in [3.63, 3.8) is 0 Å². The number of hydrogen-bond donors (Lipinski definition) is 2. The Kier molecular flexibility index (Phi) is 2.52. The third-order valence-electron chi connectivity index (χ3n) is 2.38. The predicted molar refractivity (Wildman–Crippen MR) is 46.6 cm³/mol. The van der Waals surface area contributed by atoms with Crippen LogP contribution in [0, 0.1) is 0 Å². The Morgan fingerprint density at radius 2 is 2.25 bits per heavy atom. The molecule has 0 heterocycles. The molecule has 68 valence electrons. The molecule has 3 heteroatoms. The normalized spacial score (nSPS) is 19.5. The molecule has 1 fully saturated rings. The van der Waals surface area contributed by atoms with Crippen LogP contribution < -0.4 is 5.32 Å². The summed E-state index contributed by atoms with van der Waals surface area (Å²) < 4.78 is 0. The van der Waals surface area contributed by atoms with Gasteiger partial charge in [-0.05, 0) is 26.2 Å². The molecule has 0 unspecified atom stereocenters. The van der Waals surface area contributed by atoms with Crippen molar-refractivity contribution in [1.29, 1.82) is 0 Å². The zero-order chi connectivity index (χ0) is 9.19. The molecule has 1 saturated carbocycles. The zero-order valence-electron chi connectivity index (χ0n) is 7.39. The van der Waals surface area contributed by atoms with Crippen LogP contribution in [0.25, 0.3) is 0 Å². The summed E-state index contributed by atoms with van der Waals surface area (Å²) in [6.45, 7) is 5.20. The van der Waals surface area contributed by atoms with Crippen LogP contribution in [0.15, 0.2) is 12.2 Å². The third kappa shape index (κ3) is 1.85. The molecule has 0 aromatic carbocycles. The van der Waals surface area contributed by atoms with E-state index < -0.39 is 0 Å². The van der Waals surface area contributed by atoms with E-state index in [0.717, 1.165) is 12.8 Å². The molecule has 2 N–H and O–H groups in total. The number of aliphatic hydroxyl groups is 1. The van der Waals surface area contributed by atoms with E-state index in [1.807, 2.05) is 6.92 Å². The summed E-state index contributed by atoms with van der Waals surface area (Å²) in [5.74, 6) is -0.222. The summed E-state index contributed by atoms with van der Waals surface area (Å²) in [6, 6.07) is 0. The lowest BCUT2D eigenvalue weighted by molar-refractivity contribution is -0.120. The van der Waals surface area contributed by atoms with Crippen LogP contribution >= 0.6 is 0 Å². The van der Waals surface area contributed by atoms with Gasteiger partial charge in [-0.1, -0.05) is 6.58 Å². The van der Waals surface area contributed by atoms with Crippen molar-refractivity contribution in [1.82, 2.24) is 5.32 Å². The molecular weight excluding hydrogens is 154 g/mol. The second-order valence-corrected chi connectivity index (χ2v) is 3.63. The van der Waals surface area contributed by atoms with Crippen molar-refractivity contribution >= 4 is 5.91 Å². The topological polar surface area (TPSA) is 49.3 Å². The largest absolute Gasteiger partial charge is 0.391 e. The van der Waals surface area contributed by atoms with Crippen LogP contribution in [0.4, 0.5) is 0 Å². The Hall–Kier alpha value is -0.830. The van der Waals surface area contributed by atoms with Gasteiger partial charge in [0.1, 0.15) is 0 Å². The Labute approximate surface area is 72.5 Å². The molecule has 1 aliphatic carbocycles. The molecule has 1 aliphatic rings. The van der Waals surface area contributed by atoms with Gasteiger partial charge in [-0.2, -0.15) is 0 Å². The van der Waals surface area contributed by atoms with Crippen LogP contribution in [0.1, 0.15) is 26.2 Å². The van der Waals surface area contributed by atoms with Crippen LogP contribution in [-0.4, -0.2) is 23.2 Å². The maximum Gasteiger partial charge on any atom is 0.249 e. The Morgan fingerprint density at radius 1 is 1.67 bits per heavy atom. The summed E-state index contributed by atoms with van der Waals surface area (Å²) in [7, 11) is 0. The maximum atomic E-state index is 11.2. The van der Waals surface area contributed by atoms with Crippen molar-refractivity contribution < 1.29 is 9.90 Å². The first-order valence-electron chi connectivity index (χ1n) is 4.18. The molecule has 0 aromatic heterocycles. The van der Waals surface area contributed by atoms with Gasteiger partial charge in [-0.25, -0.2) is 0 Å². The Morgan fingerprint density at radius 3 is 2.58 bits per heavy atom. The predicted octanol–water partition coefficient (Wildman–Crippen LogP) is 0.594. The van der Waals surface area contributed by atoms with Crippen LogP contribution in [0.2, 0.25) is 0 Å². The van der Waals surface area contributed by atoms with Crippen molar-refractivity contribution in [3.8, 4) is 0 Å². The van der Waals surface area contributed by atoms with E-state index in [0.29, 0.717) is 0 Å². The number of aliphatic hydroxyl groups excluding tert-OH is 1. The first kappa shape index (κ1) is 9.26. The summed E-state index contributed by atoms with van der Waals surface area (Å²) in [5, 5.41) is 11.5. The fourth-order valence-corrected chi connectivity index (χ4v) is 1.27. The highest BCUT2D eigenvalue weighted by Gasteiger charge is 2.33. The highest BCUT2D eigenvalue weighted by atomic mass is 16.3. The van der Waals surface area contributed by atoms with Gasteiger partial charge in [-0.3, -0.25) is 4.79 Å². The first-order valence-corrected chi connectivity index (χ1v) is 4.18. The number of hydrogen-bond acceptors (Lipinski definition) is 2. The van der Waals surface area contributed by atoms with Crippen LogP contribution in [0.5, 0.6) is 0 Å². The van der Waals surface area contributed by atoms with E-state index in [1.165, 1.54) is 6.42 Å². The van der Waals surface area contributed by atoms with Gasteiger partial charge in [0.2, 0.25) is 5.91 Å². The fraction of sp³-hybridized carbons (Fsp3) is 0.667. The first-order chi connectivity index (χ1) is 5.57. The van der Waals surface area contributed by atoms with E-state index >= 15 is 0 Å². The quantitative estimate of drug-likeness (QED) is 0.608. The molecule has 0 radical (unpaired) electrons. The van der Waals surface area contributed by atoms with Gasteiger partial charge in [0.15, 0.2) is 0 Å². The van der Waals surface area contributed by atoms with Crippen molar-refractivity contribution in [3.05, 3.63) is 12.2 Å². The smallest absolute Gasteiger partial charge is 0.249 e. The lowest BCUT2D eigenvalue weighted by Gasteiger charge is -2.39. The van der Waals surface area contributed by atoms with Crippen molar-refractivity contribution in [2.24, 2.45) is 0 Å². The minimum Gasteiger partial charge on any atom is -0.391 e. The Bertz CT molecular complexity index is 207. The molecule has 12 heavy (non-hydrogen) atoms. The minimum atomic E-state index is -0.262. The van der Waals surface area contributed by atoms with E-state index in [1.54, 1.807) is 0 Å². The second-order valence-electron chi connectivity index (χ2n) is 3.63. The van der Waals surface area contributed by atoms with Crippen LogP contribution in [0.3, 0.4) is 0 Å². The molecular formula is C9H15NO2. The summed E-state index contributed by atoms with van der Waals surface area (Å²) in [4.78, 5) is 11.2. The SMILES string of the molecule is C=C(CO)C(=O)NC1(C)CCC1. The number of carbonyl (C=O) groups excluding carboxylic acids is 1. The molecule has 3 nitrogen and oxygen atoms in total. The van der Waals surface area contributed by atoms with E-state index in [-0.39, 0.29) is 23.6 Å². The van der Waals surface area contributed by atoms with Gasteiger partial charge >= 0.3 is 0 Å². The van der Waals surface area contributed by atoms with Crippen molar-refractivity contribution in [2.45, 2.75) is 31.7 Å². The average molecular weight is 169 g/mol. The monoisotopic (exact) mass is 169 g/mol. The molecule has 0 aromatic rings. The van der Waals surface area contributed by atoms with Gasteiger partial charge in [0.25, 0.3) is 0 Å². The molecule has 0 spiro atoms. The fourth-order valence-electron chi connectivity index (χ4n) is 1.27. The molecule has 0 atom stereocenters. The molecule has 0 aliphatic heterocycles. The summed E-state index contributed by atoms with van der Waals surface area (Å²) in [6.07, 6.45) is 3.22. The van der Waals surface area contributed by atoms with Gasteiger partial charge in [-0.15, -0.1) is 0 Å². The van der Waals surface area contributed by atoms with Gasteiger partial charge in [0, 0.05) is 11.1 Å². The summed E-state index contributed by atoms with van der Waals surface area (Å²) >= 11 is 0. The number of nitrogens with one attached hydrogen (secondary N) is 1. The Balaban J connectivity index is 2.40. The number of carbonyl (C=O) groups is 1. The summed E-state index contributed by atoms with van der Waals surface area (Å²) in [5.41, 5.74) is 0.193. The molecule has 0 bridgehead atoms. The molecule has 0 saturated heterocycles. The van der Waals surface area contributed by atoms with E-state index in [2.05, 4.69) is 11.9 Å². The minimum absolute atomic E-state index is 0.0464. The van der Waals surface area contributed by atoms with E-state index in [9.17, 15) is 4.79 Å². The number of amides is 1. The standard InChI is InChI=1S/C9H15NO2/c1-7(6-11)8(12)10-9(2)4-3-5-9/h11H,1,3-6H2,2H3,(H,10,12). The van der Waals surface area contributed by atoms with Gasteiger partial charge < -0.3 is 10.4 Å².